The van der Waals surface area contributed by atoms with Crippen LogP contribution >= 0.6 is 0 Å². The maximum atomic E-state index is 12.1. The van der Waals surface area contributed by atoms with Crippen LogP contribution in [0.2, 0.25) is 0 Å². The summed E-state index contributed by atoms with van der Waals surface area (Å²) >= 11 is 0. The zero-order chi connectivity index (χ0) is 15.1. The molecular weight excluding hydrogens is 268 g/mol. The minimum Gasteiger partial charge on any atom is -0.307 e. The van der Waals surface area contributed by atoms with Crippen LogP contribution in [0.3, 0.4) is 0 Å². The van der Waals surface area contributed by atoms with Crippen molar-refractivity contribution in [2.45, 2.75) is 51.0 Å². The second-order valence-corrected chi connectivity index (χ2v) is 5.65. The zero-order valence-corrected chi connectivity index (χ0v) is 12.2. The summed E-state index contributed by atoms with van der Waals surface area (Å²) in [6.07, 6.45) is 8.52. The summed E-state index contributed by atoms with van der Waals surface area (Å²) in [5.74, 6) is -0.0826. The summed E-state index contributed by atoms with van der Waals surface area (Å²) < 4.78 is 0. The molecule has 0 spiro atoms. The molecule has 1 fully saturated rings. The summed E-state index contributed by atoms with van der Waals surface area (Å²) in [7, 11) is 0. The molecule has 0 saturated heterocycles. The molecule has 0 unspecified atom stereocenters. The van der Waals surface area contributed by atoms with Crippen LogP contribution in [0.1, 0.15) is 55.3 Å². The highest BCUT2D eigenvalue weighted by Crippen LogP contribution is 2.17. The number of nitrogens with one attached hydrogen (secondary N) is 1. The van der Waals surface area contributed by atoms with Crippen LogP contribution in [-0.4, -0.2) is 23.3 Å². The highest BCUT2D eigenvalue weighted by Gasteiger charge is 2.15. The number of rotatable bonds is 5. The third-order valence-corrected chi connectivity index (χ3v) is 4.04. The van der Waals surface area contributed by atoms with E-state index in [1.807, 2.05) is 0 Å². The maximum absolute atomic E-state index is 12.1. The van der Waals surface area contributed by atoms with E-state index in [1.54, 1.807) is 12.1 Å². The van der Waals surface area contributed by atoms with E-state index in [0.717, 1.165) is 12.8 Å². The van der Waals surface area contributed by atoms with Crippen LogP contribution < -0.4 is 5.32 Å². The van der Waals surface area contributed by atoms with Gasteiger partial charge in [-0.3, -0.25) is 14.9 Å². The molecular formula is C16H22N2O3. The van der Waals surface area contributed by atoms with Gasteiger partial charge in [-0.25, -0.2) is 0 Å². The van der Waals surface area contributed by atoms with E-state index in [2.05, 4.69) is 5.32 Å². The Balaban J connectivity index is 1.88. The molecule has 0 atom stereocenters. The molecule has 1 aromatic carbocycles. The number of Topliss-reactive ketones (excluding diaryl/α,β-unsaturated/α-hetero) is 1. The molecule has 0 bridgehead atoms. The summed E-state index contributed by atoms with van der Waals surface area (Å²) in [6, 6.07) is 6.34. The Morgan fingerprint density at radius 2 is 1.86 bits per heavy atom. The first-order valence-corrected chi connectivity index (χ1v) is 7.68. The van der Waals surface area contributed by atoms with Gasteiger partial charge in [0.2, 0.25) is 0 Å². The number of hydrogen-bond acceptors (Lipinski definition) is 4. The van der Waals surface area contributed by atoms with E-state index in [0.29, 0.717) is 11.6 Å². The van der Waals surface area contributed by atoms with E-state index in [9.17, 15) is 14.9 Å². The van der Waals surface area contributed by atoms with Gasteiger partial charge in [-0.1, -0.05) is 44.2 Å². The molecule has 1 aliphatic carbocycles. The van der Waals surface area contributed by atoms with Crippen molar-refractivity contribution in [1.29, 1.82) is 0 Å². The average Bonchev–Trinajstić information content (AvgIpc) is 2.46. The number of hydrogen-bond donors (Lipinski definition) is 1. The predicted octanol–water partition coefficient (Wildman–Crippen LogP) is 3.48. The van der Waals surface area contributed by atoms with Crippen molar-refractivity contribution in [3.8, 4) is 0 Å². The first kappa shape index (κ1) is 15.6. The standard InChI is InChI=1S/C16H22N2O3/c19-16(13-7-6-10-15(11-13)18(20)21)12-17-14-8-4-2-1-3-5-9-14/h6-7,10-11,14,17H,1-5,8-9,12H2. The fourth-order valence-electron chi connectivity index (χ4n) is 2.79. The first-order chi connectivity index (χ1) is 10.2. The first-order valence-electron chi connectivity index (χ1n) is 7.68. The summed E-state index contributed by atoms with van der Waals surface area (Å²) in [6.45, 7) is 0.256. The number of non-ortho nitro benzene ring substituents is 1. The number of nitro groups is 1. The largest absolute Gasteiger partial charge is 0.307 e. The lowest BCUT2D eigenvalue weighted by molar-refractivity contribution is -0.384. The van der Waals surface area contributed by atoms with Crippen molar-refractivity contribution in [3.05, 3.63) is 39.9 Å². The number of benzene rings is 1. The fourth-order valence-corrected chi connectivity index (χ4v) is 2.79. The Hall–Kier alpha value is -1.75. The number of nitro benzene ring substituents is 1. The second-order valence-electron chi connectivity index (χ2n) is 5.65. The Labute approximate surface area is 124 Å². The molecule has 5 nitrogen and oxygen atoms in total. The minimum absolute atomic E-state index is 0.0354. The van der Waals surface area contributed by atoms with Gasteiger partial charge >= 0.3 is 0 Å². The van der Waals surface area contributed by atoms with Gasteiger partial charge in [0.1, 0.15) is 0 Å². The van der Waals surface area contributed by atoms with Gasteiger partial charge in [0, 0.05) is 23.7 Å². The lowest BCUT2D eigenvalue weighted by atomic mass is 9.96. The maximum Gasteiger partial charge on any atom is 0.270 e. The Bertz CT molecular complexity index is 494. The SMILES string of the molecule is O=C(CNC1CCCCCCC1)c1cccc([N+](=O)[O-])c1. The molecule has 5 heteroatoms. The van der Waals surface area contributed by atoms with Gasteiger partial charge in [0.25, 0.3) is 5.69 Å². The molecule has 0 radical (unpaired) electrons. The van der Waals surface area contributed by atoms with Crippen LogP contribution in [0.15, 0.2) is 24.3 Å². The lowest BCUT2D eigenvalue weighted by Crippen LogP contribution is -2.34. The highest BCUT2D eigenvalue weighted by atomic mass is 16.6. The number of carbonyl (C=O) groups is 1. The van der Waals surface area contributed by atoms with Gasteiger partial charge in [-0.2, -0.15) is 0 Å². The highest BCUT2D eigenvalue weighted by molar-refractivity contribution is 5.98. The third kappa shape index (κ3) is 4.93. The molecule has 1 N–H and O–H groups in total. The van der Waals surface area contributed by atoms with Crippen LogP contribution in [0.4, 0.5) is 5.69 Å². The molecule has 0 heterocycles. The zero-order valence-electron chi connectivity index (χ0n) is 12.2. The number of ketones is 1. The molecule has 0 aliphatic heterocycles. The van der Waals surface area contributed by atoms with E-state index in [-0.39, 0.29) is 18.0 Å². The Morgan fingerprint density at radius 1 is 1.19 bits per heavy atom. The third-order valence-electron chi connectivity index (χ3n) is 4.04. The van der Waals surface area contributed by atoms with E-state index in [4.69, 9.17) is 0 Å². The van der Waals surface area contributed by atoms with Gasteiger partial charge < -0.3 is 5.32 Å². The summed E-state index contributed by atoms with van der Waals surface area (Å²) in [4.78, 5) is 22.4. The van der Waals surface area contributed by atoms with Crippen molar-refractivity contribution in [1.82, 2.24) is 5.32 Å². The Morgan fingerprint density at radius 3 is 2.52 bits per heavy atom. The molecule has 2 rings (SSSR count). The van der Waals surface area contributed by atoms with Crippen LogP contribution in [0.5, 0.6) is 0 Å². The van der Waals surface area contributed by atoms with Gasteiger partial charge in [-0.05, 0) is 12.8 Å². The topological polar surface area (TPSA) is 72.2 Å². The lowest BCUT2D eigenvalue weighted by Gasteiger charge is -2.20. The molecule has 1 aliphatic rings. The van der Waals surface area contributed by atoms with E-state index in [1.165, 1.54) is 44.2 Å². The normalized spacial score (nSPS) is 17.0. The van der Waals surface area contributed by atoms with E-state index >= 15 is 0 Å². The number of nitrogens with zero attached hydrogens (tertiary/aromatic N) is 1. The molecule has 21 heavy (non-hydrogen) atoms. The molecule has 1 aromatic rings. The smallest absolute Gasteiger partial charge is 0.270 e. The van der Waals surface area contributed by atoms with Gasteiger partial charge in [-0.15, -0.1) is 0 Å². The summed E-state index contributed by atoms with van der Waals surface area (Å²) in [5, 5.41) is 14.0. The van der Waals surface area contributed by atoms with Crippen LogP contribution in [-0.2, 0) is 0 Å². The van der Waals surface area contributed by atoms with E-state index < -0.39 is 4.92 Å². The average molecular weight is 290 g/mol. The number of carbonyl (C=O) groups excluding carboxylic acids is 1. The second kappa shape index (κ2) is 7.88. The minimum atomic E-state index is -0.473. The van der Waals surface area contributed by atoms with Crippen molar-refractivity contribution >= 4 is 11.5 Å². The molecule has 0 amide bonds. The molecule has 1 saturated carbocycles. The summed E-state index contributed by atoms with van der Waals surface area (Å²) in [5.41, 5.74) is 0.370. The van der Waals surface area contributed by atoms with Crippen molar-refractivity contribution in [2.24, 2.45) is 0 Å². The predicted molar refractivity (Wildman–Crippen MR) is 81.5 cm³/mol. The fraction of sp³-hybridized carbons (Fsp3) is 0.562. The monoisotopic (exact) mass is 290 g/mol. The van der Waals surface area contributed by atoms with Crippen LogP contribution in [0.25, 0.3) is 0 Å². The van der Waals surface area contributed by atoms with Gasteiger partial charge in [0.15, 0.2) is 5.78 Å². The van der Waals surface area contributed by atoms with Crippen molar-refractivity contribution in [3.63, 3.8) is 0 Å². The van der Waals surface area contributed by atoms with Crippen molar-refractivity contribution < 1.29 is 9.72 Å². The molecule has 114 valence electrons. The van der Waals surface area contributed by atoms with Crippen LogP contribution in [0, 0.1) is 10.1 Å². The molecule has 0 aromatic heterocycles. The quantitative estimate of drug-likeness (QED) is 0.512. The van der Waals surface area contributed by atoms with Crippen molar-refractivity contribution in [2.75, 3.05) is 6.54 Å². The Kier molecular flexibility index (Phi) is 5.87. The van der Waals surface area contributed by atoms with Gasteiger partial charge in [0.05, 0.1) is 11.5 Å².